The number of aliphatic carboxylic acids is 1. The number of halogens is 1. The molecule has 14 heavy (non-hydrogen) atoms. The zero-order valence-corrected chi connectivity index (χ0v) is 8.54. The van der Waals surface area contributed by atoms with Crippen molar-refractivity contribution in [1.82, 2.24) is 0 Å². The topological polar surface area (TPSA) is 63.3 Å². The first-order valence-corrected chi connectivity index (χ1v) is 4.20. The van der Waals surface area contributed by atoms with Crippen LogP contribution in [0.1, 0.15) is 12.0 Å². The number of hydrogen-bond acceptors (Lipinski definition) is 2. The van der Waals surface area contributed by atoms with E-state index in [0.717, 1.165) is 5.56 Å². The zero-order valence-electron chi connectivity index (χ0n) is 7.72. The fourth-order valence-electron chi connectivity index (χ4n) is 1.21. The van der Waals surface area contributed by atoms with Crippen molar-refractivity contribution in [2.75, 3.05) is 0 Å². The average molecular weight is 216 g/mol. The van der Waals surface area contributed by atoms with Crippen molar-refractivity contribution in [1.29, 1.82) is 0 Å². The third kappa shape index (κ3) is 4.84. The van der Waals surface area contributed by atoms with Crippen molar-refractivity contribution < 1.29 is 9.90 Å². The summed E-state index contributed by atoms with van der Waals surface area (Å²) >= 11 is 0. The number of carboxylic acids is 1. The Bertz CT molecular complexity index is 277. The second-order valence-corrected chi connectivity index (χ2v) is 3.05. The Hall–Kier alpha value is -1.06. The fourth-order valence-corrected chi connectivity index (χ4v) is 1.21. The average Bonchev–Trinajstić information content (AvgIpc) is 2.04. The molecule has 1 unspecified atom stereocenters. The van der Waals surface area contributed by atoms with Crippen molar-refractivity contribution in [3.63, 3.8) is 0 Å². The van der Waals surface area contributed by atoms with E-state index in [-0.39, 0.29) is 24.9 Å². The quantitative estimate of drug-likeness (QED) is 0.799. The maximum absolute atomic E-state index is 10.3. The normalized spacial score (nSPS) is 11.5. The molecule has 0 saturated carbocycles. The van der Waals surface area contributed by atoms with Gasteiger partial charge in [-0.05, 0) is 12.0 Å². The summed E-state index contributed by atoms with van der Waals surface area (Å²) < 4.78 is 0. The minimum Gasteiger partial charge on any atom is -0.481 e. The van der Waals surface area contributed by atoms with E-state index < -0.39 is 5.97 Å². The van der Waals surface area contributed by atoms with Crippen LogP contribution in [0.2, 0.25) is 0 Å². The van der Waals surface area contributed by atoms with Crippen molar-refractivity contribution in [2.24, 2.45) is 5.73 Å². The Morgan fingerprint density at radius 1 is 1.36 bits per heavy atom. The molecule has 0 fully saturated rings. The van der Waals surface area contributed by atoms with Gasteiger partial charge in [-0.3, -0.25) is 4.79 Å². The van der Waals surface area contributed by atoms with E-state index in [1.54, 1.807) is 0 Å². The molecule has 3 N–H and O–H groups in total. The van der Waals surface area contributed by atoms with Crippen LogP contribution in [-0.4, -0.2) is 17.1 Å². The highest BCUT2D eigenvalue weighted by atomic mass is 35.5. The number of benzene rings is 1. The Kier molecular flexibility index (Phi) is 5.92. The summed E-state index contributed by atoms with van der Waals surface area (Å²) in [5.74, 6) is -0.844. The Morgan fingerprint density at radius 3 is 2.43 bits per heavy atom. The van der Waals surface area contributed by atoms with Gasteiger partial charge in [-0.15, -0.1) is 12.4 Å². The molecule has 0 aliphatic rings. The number of carbonyl (C=O) groups is 1. The van der Waals surface area contributed by atoms with E-state index in [0.29, 0.717) is 6.42 Å². The van der Waals surface area contributed by atoms with Gasteiger partial charge in [-0.25, -0.2) is 0 Å². The summed E-state index contributed by atoms with van der Waals surface area (Å²) in [4.78, 5) is 10.3. The summed E-state index contributed by atoms with van der Waals surface area (Å²) in [6.07, 6.45) is 0.641. The van der Waals surface area contributed by atoms with E-state index >= 15 is 0 Å². The maximum atomic E-state index is 10.3. The standard InChI is InChI=1S/C10H13NO2.ClH/c11-9(7-10(12)13)6-8-4-2-1-3-5-8;/h1-5,9H,6-7,11H2,(H,12,13);1H. The Labute approximate surface area is 89.3 Å². The SMILES string of the molecule is Cl.NC(CC(=O)O)Cc1ccccc1. The molecule has 0 saturated heterocycles. The summed E-state index contributed by atoms with van der Waals surface area (Å²) in [7, 11) is 0. The zero-order chi connectivity index (χ0) is 9.68. The van der Waals surface area contributed by atoms with Crippen LogP contribution in [0.3, 0.4) is 0 Å². The van der Waals surface area contributed by atoms with E-state index in [4.69, 9.17) is 10.8 Å². The summed E-state index contributed by atoms with van der Waals surface area (Å²) in [5.41, 5.74) is 6.71. The minimum atomic E-state index is -0.844. The number of nitrogens with two attached hydrogens (primary N) is 1. The Morgan fingerprint density at radius 2 is 1.93 bits per heavy atom. The molecule has 1 rings (SSSR count). The lowest BCUT2D eigenvalue weighted by atomic mass is 10.0. The highest BCUT2D eigenvalue weighted by molar-refractivity contribution is 5.85. The van der Waals surface area contributed by atoms with E-state index in [2.05, 4.69) is 0 Å². The second kappa shape index (κ2) is 6.40. The molecule has 3 nitrogen and oxygen atoms in total. The van der Waals surface area contributed by atoms with Crippen LogP contribution in [0.25, 0.3) is 0 Å². The molecule has 0 heterocycles. The third-order valence-corrected chi connectivity index (χ3v) is 1.78. The molecule has 0 spiro atoms. The summed E-state index contributed by atoms with van der Waals surface area (Å²) in [6, 6.07) is 9.36. The van der Waals surface area contributed by atoms with Crippen LogP contribution in [0, 0.1) is 0 Å². The van der Waals surface area contributed by atoms with Crippen LogP contribution in [0.15, 0.2) is 30.3 Å². The van der Waals surface area contributed by atoms with Crippen molar-refractivity contribution in [3.05, 3.63) is 35.9 Å². The lowest BCUT2D eigenvalue weighted by Gasteiger charge is -2.07. The smallest absolute Gasteiger partial charge is 0.304 e. The van der Waals surface area contributed by atoms with Gasteiger partial charge >= 0.3 is 5.97 Å². The van der Waals surface area contributed by atoms with Crippen LogP contribution < -0.4 is 5.73 Å². The number of rotatable bonds is 4. The molecule has 0 aliphatic carbocycles. The molecule has 0 aromatic heterocycles. The van der Waals surface area contributed by atoms with Crippen molar-refractivity contribution >= 4 is 18.4 Å². The van der Waals surface area contributed by atoms with Crippen molar-refractivity contribution in [3.8, 4) is 0 Å². The molecule has 78 valence electrons. The highest BCUT2D eigenvalue weighted by Gasteiger charge is 2.07. The van der Waals surface area contributed by atoms with Gasteiger partial charge in [0.25, 0.3) is 0 Å². The molecular weight excluding hydrogens is 202 g/mol. The van der Waals surface area contributed by atoms with Gasteiger partial charge in [0.15, 0.2) is 0 Å². The summed E-state index contributed by atoms with van der Waals surface area (Å²) in [6.45, 7) is 0. The lowest BCUT2D eigenvalue weighted by Crippen LogP contribution is -2.25. The predicted octanol–water partition coefficient (Wildman–Crippen LogP) is 1.45. The Balaban J connectivity index is 0.00000169. The predicted molar refractivity (Wildman–Crippen MR) is 57.6 cm³/mol. The van der Waals surface area contributed by atoms with Crippen LogP contribution in [-0.2, 0) is 11.2 Å². The van der Waals surface area contributed by atoms with E-state index in [1.165, 1.54) is 0 Å². The molecule has 4 heteroatoms. The van der Waals surface area contributed by atoms with Gasteiger partial charge < -0.3 is 10.8 Å². The molecule has 0 bridgehead atoms. The molecule has 1 aromatic carbocycles. The van der Waals surface area contributed by atoms with Crippen LogP contribution in [0.5, 0.6) is 0 Å². The highest BCUT2D eigenvalue weighted by Crippen LogP contribution is 2.03. The summed E-state index contributed by atoms with van der Waals surface area (Å²) in [5, 5.41) is 8.48. The molecule has 0 aliphatic heterocycles. The first-order valence-electron chi connectivity index (χ1n) is 4.20. The van der Waals surface area contributed by atoms with Gasteiger partial charge in [0.2, 0.25) is 0 Å². The van der Waals surface area contributed by atoms with Crippen molar-refractivity contribution in [2.45, 2.75) is 18.9 Å². The second-order valence-electron chi connectivity index (χ2n) is 3.05. The molecule has 1 atom stereocenters. The molecule has 0 radical (unpaired) electrons. The van der Waals surface area contributed by atoms with Gasteiger partial charge in [-0.1, -0.05) is 30.3 Å². The van der Waals surface area contributed by atoms with Crippen LogP contribution >= 0.6 is 12.4 Å². The number of carboxylic acid groups (broad SMARTS) is 1. The first kappa shape index (κ1) is 12.9. The van der Waals surface area contributed by atoms with Gasteiger partial charge in [0.1, 0.15) is 0 Å². The third-order valence-electron chi connectivity index (χ3n) is 1.78. The number of hydrogen-bond donors (Lipinski definition) is 2. The van der Waals surface area contributed by atoms with E-state index in [9.17, 15) is 4.79 Å². The first-order chi connectivity index (χ1) is 6.18. The maximum Gasteiger partial charge on any atom is 0.304 e. The van der Waals surface area contributed by atoms with Gasteiger partial charge in [-0.2, -0.15) is 0 Å². The minimum absolute atomic E-state index is 0. The van der Waals surface area contributed by atoms with Gasteiger partial charge in [0.05, 0.1) is 6.42 Å². The largest absolute Gasteiger partial charge is 0.481 e. The lowest BCUT2D eigenvalue weighted by molar-refractivity contribution is -0.137. The molecular formula is C10H14ClNO2. The van der Waals surface area contributed by atoms with Gasteiger partial charge in [0, 0.05) is 6.04 Å². The van der Waals surface area contributed by atoms with E-state index in [1.807, 2.05) is 30.3 Å². The molecule has 1 aromatic rings. The fraction of sp³-hybridized carbons (Fsp3) is 0.300. The monoisotopic (exact) mass is 215 g/mol. The van der Waals surface area contributed by atoms with Crippen LogP contribution in [0.4, 0.5) is 0 Å². The molecule has 0 amide bonds.